The number of hydrogen-bond donors (Lipinski definition) is 4. The summed E-state index contributed by atoms with van der Waals surface area (Å²) in [6.45, 7) is 3.86. The van der Waals surface area contributed by atoms with E-state index in [1.165, 1.54) is 0 Å². The van der Waals surface area contributed by atoms with E-state index in [1.54, 1.807) is 37.4 Å². The first-order valence-electron chi connectivity index (χ1n) is 7.10. The van der Waals surface area contributed by atoms with E-state index in [4.69, 9.17) is 12.2 Å². The van der Waals surface area contributed by atoms with Gasteiger partial charge in [0.25, 0.3) is 5.91 Å². The van der Waals surface area contributed by atoms with Crippen LogP contribution in [0.2, 0.25) is 0 Å². The molecule has 0 atom stereocenters. The second-order valence-electron chi connectivity index (χ2n) is 5.27. The van der Waals surface area contributed by atoms with Crippen LogP contribution in [0, 0.1) is 13.8 Å². The molecule has 0 fully saturated rings. The molecule has 0 saturated carbocycles. The molecule has 5 nitrogen and oxygen atoms in total. The van der Waals surface area contributed by atoms with Crippen LogP contribution in [0.3, 0.4) is 0 Å². The van der Waals surface area contributed by atoms with Gasteiger partial charge < -0.3 is 15.7 Å². The van der Waals surface area contributed by atoms with Crippen LogP contribution >= 0.6 is 12.2 Å². The molecule has 0 saturated heterocycles. The number of rotatable bonds is 3. The van der Waals surface area contributed by atoms with E-state index in [-0.39, 0.29) is 16.8 Å². The Morgan fingerprint density at radius 1 is 1.09 bits per heavy atom. The zero-order valence-electron chi connectivity index (χ0n) is 13.2. The molecular weight excluding hydrogens is 310 g/mol. The lowest BCUT2D eigenvalue weighted by molar-refractivity contribution is 0.0977. The summed E-state index contributed by atoms with van der Waals surface area (Å²) in [7, 11) is 1.76. The van der Waals surface area contributed by atoms with Gasteiger partial charge in [0, 0.05) is 24.4 Å². The van der Waals surface area contributed by atoms with Crippen LogP contribution in [-0.2, 0) is 0 Å². The van der Waals surface area contributed by atoms with Gasteiger partial charge in [-0.25, -0.2) is 0 Å². The van der Waals surface area contributed by atoms with Crippen molar-refractivity contribution in [3.63, 3.8) is 0 Å². The molecule has 23 heavy (non-hydrogen) atoms. The van der Waals surface area contributed by atoms with Crippen molar-refractivity contribution in [1.29, 1.82) is 0 Å². The van der Waals surface area contributed by atoms with E-state index in [1.807, 2.05) is 19.9 Å². The molecule has 0 aliphatic carbocycles. The molecule has 0 aromatic heterocycles. The van der Waals surface area contributed by atoms with Gasteiger partial charge in [-0.3, -0.25) is 10.1 Å². The molecule has 2 aromatic carbocycles. The second-order valence-corrected chi connectivity index (χ2v) is 5.67. The number of phenolic OH excluding ortho intramolecular Hbond substituents is 1. The summed E-state index contributed by atoms with van der Waals surface area (Å²) in [5.74, 6) is -0.250. The van der Waals surface area contributed by atoms with E-state index in [2.05, 4.69) is 16.0 Å². The fraction of sp³-hybridized carbons (Fsp3) is 0.176. The van der Waals surface area contributed by atoms with Gasteiger partial charge in [-0.05, 0) is 50.3 Å². The van der Waals surface area contributed by atoms with Crippen molar-refractivity contribution in [3.8, 4) is 5.75 Å². The average Bonchev–Trinajstić information content (AvgIpc) is 2.48. The zero-order valence-corrected chi connectivity index (χ0v) is 14.0. The van der Waals surface area contributed by atoms with Gasteiger partial charge in [0.05, 0.1) is 5.69 Å². The summed E-state index contributed by atoms with van der Waals surface area (Å²) in [4.78, 5) is 12.2. The molecular formula is C17H19N3O2S. The van der Waals surface area contributed by atoms with E-state index in [0.29, 0.717) is 11.3 Å². The molecule has 0 radical (unpaired) electrons. The number of carbonyl (C=O) groups is 1. The third kappa shape index (κ3) is 4.43. The first-order valence-corrected chi connectivity index (χ1v) is 7.51. The maximum atomic E-state index is 12.2. The van der Waals surface area contributed by atoms with E-state index >= 15 is 0 Å². The topological polar surface area (TPSA) is 73.4 Å². The molecule has 1 amide bonds. The standard InChI is InChI=1S/C17H19N3O2S/c1-10-6-11(2)8-12(7-10)16(22)20-17(23)19-14-5-4-13(18-3)9-15(14)21/h4-9,18,21H,1-3H3,(H2,19,20,22,23). The molecule has 4 N–H and O–H groups in total. The Bertz CT molecular complexity index is 739. The SMILES string of the molecule is CNc1ccc(NC(=S)NC(=O)c2cc(C)cc(C)c2)c(O)c1. The molecule has 0 aliphatic heterocycles. The summed E-state index contributed by atoms with van der Waals surface area (Å²) in [6, 6.07) is 10.6. The molecule has 6 heteroatoms. The minimum atomic E-state index is -0.291. The lowest BCUT2D eigenvalue weighted by Gasteiger charge is -2.12. The predicted molar refractivity (Wildman–Crippen MR) is 97.3 cm³/mol. The van der Waals surface area contributed by atoms with Crippen LogP contribution in [0.4, 0.5) is 11.4 Å². The molecule has 0 aliphatic rings. The molecule has 120 valence electrons. The minimum absolute atomic E-state index is 0.0415. The maximum absolute atomic E-state index is 12.2. The van der Waals surface area contributed by atoms with Gasteiger partial charge in [0.2, 0.25) is 0 Å². The Morgan fingerprint density at radius 2 is 1.74 bits per heavy atom. The highest BCUT2D eigenvalue weighted by molar-refractivity contribution is 7.80. The minimum Gasteiger partial charge on any atom is -0.506 e. The lowest BCUT2D eigenvalue weighted by Crippen LogP contribution is -2.34. The normalized spacial score (nSPS) is 10.0. The van der Waals surface area contributed by atoms with Crippen molar-refractivity contribution in [2.24, 2.45) is 0 Å². The van der Waals surface area contributed by atoms with Crippen molar-refractivity contribution in [2.45, 2.75) is 13.8 Å². The number of hydrogen-bond acceptors (Lipinski definition) is 4. The summed E-state index contributed by atoms with van der Waals surface area (Å²) in [5.41, 5.74) is 3.76. The monoisotopic (exact) mass is 329 g/mol. The average molecular weight is 329 g/mol. The summed E-state index contributed by atoms with van der Waals surface area (Å²) >= 11 is 5.13. The van der Waals surface area contributed by atoms with Gasteiger partial charge in [0.15, 0.2) is 5.11 Å². The molecule has 0 bridgehead atoms. The van der Waals surface area contributed by atoms with Crippen LogP contribution < -0.4 is 16.0 Å². The number of phenols is 1. The molecule has 2 aromatic rings. The van der Waals surface area contributed by atoms with Gasteiger partial charge >= 0.3 is 0 Å². The highest BCUT2D eigenvalue weighted by Crippen LogP contribution is 2.26. The van der Waals surface area contributed by atoms with Gasteiger partial charge in [-0.15, -0.1) is 0 Å². The molecule has 2 rings (SSSR count). The predicted octanol–water partition coefficient (Wildman–Crippen LogP) is 3.18. The Morgan fingerprint density at radius 3 is 2.30 bits per heavy atom. The maximum Gasteiger partial charge on any atom is 0.257 e. The van der Waals surface area contributed by atoms with E-state index in [9.17, 15) is 9.90 Å². The molecule has 0 heterocycles. The quantitative estimate of drug-likeness (QED) is 0.514. The van der Waals surface area contributed by atoms with Crippen molar-refractivity contribution >= 4 is 34.6 Å². The van der Waals surface area contributed by atoms with Crippen LogP contribution in [-0.4, -0.2) is 23.2 Å². The first kappa shape index (κ1) is 16.8. The van der Waals surface area contributed by atoms with Gasteiger partial charge in [-0.1, -0.05) is 17.2 Å². The number of thiocarbonyl (C=S) groups is 1. The fourth-order valence-electron chi connectivity index (χ4n) is 2.23. The lowest BCUT2D eigenvalue weighted by atomic mass is 10.1. The van der Waals surface area contributed by atoms with E-state index in [0.717, 1.165) is 16.8 Å². The van der Waals surface area contributed by atoms with Crippen molar-refractivity contribution in [3.05, 3.63) is 53.1 Å². The van der Waals surface area contributed by atoms with Crippen LogP contribution in [0.25, 0.3) is 0 Å². The van der Waals surface area contributed by atoms with Crippen molar-refractivity contribution in [2.75, 3.05) is 17.7 Å². The summed E-state index contributed by atoms with van der Waals surface area (Å²) < 4.78 is 0. The third-order valence-electron chi connectivity index (χ3n) is 3.25. The van der Waals surface area contributed by atoms with Gasteiger partial charge in [-0.2, -0.15) is 0 Å². The second kappa shape index (κ2) is 7.11. The zero-order chi connectivity index (χ0) is 17.0. The Balaban J connectivity index is 2.05. The highest BCUT2D eigenvalue weighted by Gasteiger charge is 2.10. The number of anilines is 2. The summed E-state index contributed by atoms with van der Waals surface area (Å²) in [5, 5.41) is 18.4. The van der Waals surface area contributed by atoms with Crippen LogP contribution in [0.1, 0.15) is 21.5 Å². The Labute approximate surface area is 140 Å². The molecule has 0 spiro atoms. The third-order valence-corrected chi connectivity index (χ3v) is 3.45. The van der Waals surface area contributed by atoms with Crippen molar-refractivity contribution < 1.29 is 9.90 Å². The number of aryl methyl sites for hydroxylation is 2. The number of carbonyl (C=O) groups excluding carboxylic acids is 1. The smallest absolute Gasteiger partial charge is 0.257 e. The largest absolute Gasteiger partial charge is 0.506 e. The number of amides is 1. The van der Waals surface area contributed by atoms with E-state index < -0.39 is 0 Å². The fourth-order valence-corrected chi connectivity index (χ4v) is 2.43. The van der Waals surface area contributed by atoms with Crippen LogP contribution in [0.5, 0.6) is 5.75 Å². The molecule has 0 unspecified atom stereocenters. The number of nitrogens with one attached hydrogen (secondary N) is 3. The number of benzene rings is 2. The highest BCUT2D eigenvalue weighted by atomic mass is 32.1. The van der Waals surface area contributed by atoms with Crippen molar-refractivity contribution in [1.82, 2.24) is 5.32 Å². The number of aromatic hydroxyl groups is 1. The first-order chi connectivity index (χ1) is 10.9. The Hall–Kier alpha value is -2.60. The van der Waals surface area contributed by atoms with Crippen LogP contribution in [0.15, 0.2) is 36.4 Å². The Kier molecular flexibility index (Phi) is 5.18. The van der Waals surface area contributed by atoms with Gasteiger partial charge in [0.1, 0.15) is 5.75 Å². The summed E-state index contributed by atoms with van der Waals surface area (Å²) in [6.07, 6.45) is 0.